The monoisotopic (exact) mass is 442 g/mol. The van der Waals surface area contributed by atoms with E-state index in [9.17, 15) is 4.57 Å². The van der Waals surface area contributed by atoms with Gasteiger partial charge in [0.05, 0.1) is 30.0 Å². The molecule has 0 radical (unpaired) electrons. The van der Waals surface area contributed by atoms with Gasteiger partial charge in [-0.3, -0.25) is 4.57 Å². The lowest BCUT2D eigenvalue weighted by Crippen LogP contribution is -2.22. The fourth-order valence-electron chi connectivity index (χ4n) is 3.02. The van der Waals surface area contributed by atoms with Gasteiger partial charge in [-0.1, -0.05) is 41.9 Å². The van der Waals surface area contributed by atoms with E-state index in [4.69, 9.17) is 25.0 Å². The summed E-state index contributed by atoms with van der Waals surface area (Å²) in [5.74, 6) is 1.21. The predicted molar refractivity (Wildman–Crippen MR) is 118 cm³/mol. The molecule has 4 aromatic rings. The summed E-state index contributed by atoms with van der Waals surface area (Å²) in [5.41, 5.74) is 0.805. The molecule has 8 heteroatoms. The van der Waals surface area contributed by atoms with Crippen molar-refractivity contribution in [3.63, 3.8) is 0 Å². The van der Waals surface area contributed by atoms with Crippen LogP contribution in [0.15, 0.2) is 81.8 Å². The van der Waals surface area contributed by atoms with E-state index in [0.717, 1.165) is 0 Å². The zero-order valence-electron chi connectivity index (χ0n) is 16.2. The topological polar surface area (TPSA) is 77.5 Å². The second-order valence-electron chi connectivity index (χ2n) is 6.39. The van der Waals surface area contributed by atoms with E-state index in [-0.39, 0.29) is 23.8 Å². The highest BCUT2D eigenvalue weighted by atomic mass is 35.5. The molecular formula is C22H20ClN2O4P. The molecule has 2 aromatic heterocycles. The molecule has 0 aliphatic heterocycles. The summed E-state index contributed by atoms with van der Waals surface area (Å²) in [6.45, 7) is 2.37. The summed E-state index contributed by atoms with van der Waals surface area (Å²) in [7, 11) is -3.52. The largest absolute Gasteiger partial charge is 0.467 e. The van der Waals surface area contributed by atoms with Crippen LogP contribution < -0.4 is 16.1 Å². The fraction of sp³-hybridized carbons (Fsp3) is 0.136. The van der Waals surface area contributed by atoms with E-state index >= 15 is 0 Å². The fourth-order valence-corrected chi connectivity index (χ4v) is 5.30. The maximum atomic E-state index is 14.1. The molecule has 0 fully saturated rings. The molecule has 1 atom stereocenters. The first-order valence-electron chi connectivity index (χ1n) is 9.44. The van der Waals surface area contributed by atoms with E-state index in [2.05, 4.69) is 10.3 Å². The summed E-state index contributed by atoms with van der Waals surface area (Å²) in [6.07, 6.45) is 1.59. The third kappa shape index (κ3) is 4.08. The number of nitrogens with zero attached hydrogens (tertiary/aromatic N) is 1. The lowest BCUT2D eigenvalue weighted by Gasteiger charge is -2.17. The van der Waals surface area contributed by atoms with Gasteiger partial charge in [0.1, 0.15) is 5.76 Å². The van der Waals surface area contributed by atoms with Crippen LogP contribution >= 0.6 is 19.0 Å². The van der Waals surface area contributed by atoms with Gasteiger partial charge in [0.15, 0.2) is 5.44 Å². The van der Waals surface area contributed by atoms with Crippen molar-refractivity contribution < 1.29 is 17.9 Å². The SMILES string of the molecule is CCOP(=O)(c1ccccc1)c1nc(-c2ccccc2Cl)oc1NCc1ccco1. The van der Waals surface area contributed by atoms with Crippen LogP contribution in [0.5, 0.6) is 0 Å². The predicted octanol–water partition coefficient (Wildman–Crippen LogP) is 5.47. The Morgan fingerprint density at radius 1 is 1.07 bits per heavy atom. The summed E-state index contributed by atoms with van der Waals surface area (Å²) < 4.78 is 31.3. The Balaban J connectivity index is 1.83. The number of aromatic nitrogens is 1. The van der Waals surface area contributed by atoms with Gasteiger partial charge >= 0.3 is 0 Å². The number of halogens is 1. The van der Waals surface area contributed by atoms with Crippen LogP contribution in [0.4, 0.5) is 5.88 Å². The molecule has 1 unspecified atom stereocenters. The van der Waals surface area contributed by atoms with E-state index in [1.807, 2.05) is 36.4 Å². The molecule has 0 aliphatic rings. The quantitative estimate of drug-likeness (QED) is 0.365. The molecule has 2 heterocycles. The first-order chi connectivity index (χ1) is 14.6. The van der Waals surface area contributed by atoms with Gasteiger partial charge in [-0.2, -0.15) is 0 Å². The Morgan fingerprint density at radius 3 is 2.53 bits per heavy atom. The van der Waals surface area contributed by atoms with Crippen molar-refractivity contribution in [2.45, 2.75) is 13.5 Å². The van der Waals surface area contributed by atoms with Crippen molar-refractivity contribution in [3.05, 3.63) is 83.8 Å². The first-order valence-corrected chi connectivity index (χ1v) is 11.4. The van der Waals surface area contributed by atoms with Gasteiger partial charge < -0.3 is 18.7 Å². The van der Waals surface area contributed by atoms with Gasteiger partial charge in [0.2, 0.25) is 11.8 Å². The van der Waals surface area contributed by atoms with Crippen LogP contribution in [0.3, 0.4) is 0 Å². The lowest BCUT2D eigenvalue weighted by atomic mass is 10.2. The molecule has 30 heavy (non-hydrogen) atoms. The van der Waals surface area contributed by atoms with Crippen LogP contribution in [-0.4, -0.2) is 11.6 Å². The summed E-state index contributed by atoms with van der Waals surface area (Å²) >= 11 is 6.34. The number of anilines is 1. The van der Waals surface area contributed by atoms with E-state index in [1.165, 1.54) is 0 Å². The summed E-state index contributed by atoms with van der Waals surface area (Å²) in [5, 5.41) is 4.16. The molecule has 6 nitrogen and oxygen atoms in total. The molecule has 0 spiro atoms. The number of rotatable bonds is 8. The van der Waals surface area contributed by atoms with Crippen molar-refractivity contribution in [2.24, 2.45) is 0 Å². The Hall–Kier alpha value is -2.79. The number of hydrogen-bond donors (Lipinski definition) is 1. The van der Waals surface area contributed by atoms with Crippen LogP contribution in [0.2, 0.25) is 5.02 Å². The Kier molecular flexibility index (Phi) is 6.09. The number of nitrogens with one attached hydrogen (secondary N) is 1. The first kappa shape index (κ1) is 20.5. The molecule has 0 bridgehead atoms. The van der Waals surface area contributed by atoms with Crippen molar-refractivity contribution in [3.8, 4) is 11.5 Å². The molecule has 0 saturated heterocycles. The van der Waals surface area contributed by atoms with Crippen LogP contribution in [0, 0.1) is 0 Å². The standard InChI is InChI=1S/C22H20ClN2O4P/c1-2-28-30(26,17-10-4-3-5-11-17)22-21(24-15-16-9-8-14-27-16)29-20(25-22)18-12-6-7-13-19(18)23/h3-14,24H,2,15H2,1H3. The molecule has 154 valence electrons. The van der Waals surface area contributed by atoms with Crippen LogP contribution in [0.1, 0.15) is 12.7 Å². The minimum atomic E-state index is -3.52. The lowest BCUT2D eigenvalue weighted by molar-refractivity contribution is 0.347. The van der Waals surface area contributed by atoms with Gasteiger partial charge in [-0.05, 0) is 43.3 Å². The molecule has 0 saturated carbocycles. The third-order valence-electron chi connectivity index (χ3n) is 4.40. The van der Waals surface area contributed by atoms with E-state index in [1.54, 1.807) is 43.5 Å². The average molecular weight is 443 g/mol. The maximum absolute atomic E-state index is 14.1. The molecule has 0 amide bonds. The van der Waals surface area contributed by atoms with Gasteiger partial charge in [0.25, 0.3) is 7.37 Å². The van der Waals surface area contributed by atoms with Crippen LogP contribution in [0.25, 0.3) is 11.5 Å². The number of furan rings is 1. The Bertz CT molecular complexity index is 1160. The maximum Gasteiger partial charge on any atom is 0.284 e. The Labute approximate surface area is 179 Å². The summed E-state index contributed by atoms with van der Waals surface area (Å²) in [4.78, 5) is 4.58. The zero-order chi connectivity index (χ0) is 21.0. The van der Waals surface area contributed by atoms with E-state index in [0.29, 0.717) is 28.2 Å². The van der Waals surface area contributed by atoms with Gasteiger partial charge in [-0.15, -0.1) is 0 Å². The second-order valence-corrected chi connectivity index (χ2v) is 9.10. The number of benzene rings is 2. The van der Waals surface area contributed by atoms with Crippen molar-refractivity contribution in [1.29, 1.82) is 0 Å². The molecule has 1 N–H and O–H groups in total. The molecule has 2 aromatic carbocycles. The van der Waals surface area contributed by atoms with Crippen LogP contribution in [-0.2, 0) is 15.6 Å². The Morgan fingerprint density at radius 2 is 1.83 bits per heavy atom. The van der Waals surface area contributed by atoms with Gasteiger partial charge in [0, 0.05) is 5.30 Å². The smallest absolute Gasteiger partial charge is 0.284 e. The highest BCUT2D eigenvalue weighted by molar-refractivity contribution is 7.74. The minimum Gasteiger partial charge on any atom is -0.467 e. The highest BCUT2D eigenvalue weighted by Gasteiger charge is 2.36. The van der Waals surface area contributed by atoms with Crippen molar-refractivity contribution >= 4 is 35.6 Å². The molecule has 4 rings (SSSR count). The summed E-state index contributed by atoms with van der Waals surface area (Å²) in [6, 6.07) is 19.8. The zero-order valence-corrected chi connectivity index (χ0v) is 17.9. The average Bonchev–Trinajstić information content (AvgIpc) is 3.43. The van der Waals surface area contributed by atoms with Crippen molar-refractivity contribution in [1.82, 2.24) is 4.98 Å². The molecular weight excluding hydrogens is 423 g/mol. The normalized spacial score (nSPS) is 13.1. The highest BCUT2D eigenvalue weighted by Crippen LogP contribution is 2.47. The third-order valence-corrected chi connectivity index (χ3v) is 7.19. The molecule has 0 aliphatic carbocycles. The number of hydrogen-bond acceptors (Lipinski definition) is 6. The van der Waals surface area contributed by atoms with Gasteiger partial charge in [-0.25, -0.2) is 4.98 Å². The van der Waals surface area contributed by atoms with Crippen molar-refractivity contribution in [2.75, 3.05) is 11.9 Å². The second kappa shape index (κ2) is 8.92. The van der Waals surface area contributed by atoms with E-state index < -0.39 is 7.37 Å². The number of oxazole rings is 1. The minimum absolute atomic E-state index is 0.206.